The van der Waals surface area contributed by atoms with Gasteiger partial charge in [0.15, 0.2) is 11.4 Å². The molecule has 1 aliphatic heterocycles. The molecular weight excluding hydrogens is 516 g/mol. The second-order valence-corrected chi connectivity index (χ2v) is 11.6. The van der Waals surface area contributed by atoms with E-state index in [1.807, 2.05) is 25.1 Å². The van der Waals surface area contributed by atoms with Crippen molar-refractivity contribution in [2.75, 3.05) is 46.2 Å². The lowest BCUT2D eigenvalue weighted by molar-refractivity contribution is -0.153. The average molecular weight is 553 g/mol. The Bertz CT molecular complexity index is 1410. The maximum atomic E-state index is 14.1. The quantitative estimate of drug-likeness (QED) is 0.260. The maximum Gasteiger partial charge on any atom is 0.255 e. The van der Waals surface area contributed by atoms with E-state index < -0.39 is 58.0 Å². The molecule has 214 valence electrons. The van der Waals surface area contributed by atoms with E-state index in [2.05, 4.69) is 17.1 Å². The molecule has 0 unspecified atom stereocenters. The minimum absolute atomic E-state index is 0.0568. The number of carbonyl (C=O) groups excluding carboxylic acids is 3. The lowest BCUT2D eigenvalue weighted by Crippen LogP contribution is -2.65. The van der Waals surface area contributed by atoms with Crippen molar-refractivity contribution in [2.45, 2.75) is 37.5 Å². The Labute approximate surface area is 232 Å². The maximum absolute atomic E-state index is 14.1. The number of likely N-dealkylation sites (N-methyl/N-ethyl adjacent to an activating group) is 1. The molecule has 0 bridgehead atoms. The monoisotopic (exact) mass is 552 g/mol. The van der Waals surface area contributed by atoms with Gasteiger partial charge in [0.1, 0.15) is 22.8 Å². The molecule has 0 spiro atoms. The number of aromatic hydroxyl groups is 1. The van der Waals surface area contributed by atoms with Crippen molar-refractivity contribution in [3.8, 4) is 5.75 Å². The number of rotatable bonds is 5. The number of carbonyl (C=O) groups is 3. The van der Waals surface area contributed by atoms with Crippen LogP contribution in [0.5, 0.6) is 5.75 Å². The first-order chi connectivity index (χ1) is 18.8. The normalized spacial score (nSPS) is 28.5. The highest BCUT2D eigenvalue weighted by Crippen LogP contribution is 2.54. The number of primary amides is 1. The molecule has 1 fully saturated rings. The molecule has 3 aliphatic carbocycles. The Kier molecular flexibility index (Phi) is 6.80. The van der Waals surface area contributed by atoms with Gasteiger partial charge in [-0.1, -0.05) is 12.2 Å². The minimum atomic E-state index is -2.65. The Morgan fingerprint density at radius 2 is 1.85 bits per heavy atom. The SMILES string of the molecule is CN(C)c1cc(CN2CC=CCC2)c(O)c2c1C[C@H]1C[C@H]3[C@H](N(C)C)C(=O)C(C(N)=O)=C(O)[C@@]3(O)C(=O)C1=C2O. The zero-order valence-corrected chi connectivity index (χ0v) is 23.1. The molecule has 0 radical (unpaired) electrons. The van der Waals surface area contributed by atoms with Crippen molar-refractivity contribution < 1.29 is 34.8 Å². The van der Waals surface area contributed by atoms with Crippen LogP contribution in [0.15, 0.2) is 35.1 Å². The predicted octanol–water partition coefficient (Wildman–Crippen LogP) is 0.792. The van der Waals surface area contributed by atoms with Crippen molar-refractivity contribution in [1.29, 1.82) is 0 Å². The lowest BCUT2D eigenvalue weighted by atomic mass is 9.57. The van der Waals surface area contributed by atoms with Gasteiger partial charge < -0.3 is 31.1 Å². The van der Waals surface area contributed by atoms with Crippen LogP contribution in [0.25, 0.3) is 5.76 Å². The zero-order valence-electron chi connectivity index (χ0n) is 23.1. The highest BCUT2D eigenvalue weighted by atomic mass is 16.3. The van der Waals surface area contributed by atoms with Crippen LogP contribution in [0, 0.1) is 11.8 Å². The first-order valence-corrected chi connectivity index (χ1v) is 13.4. The number of phenolic OH excluding ortho intramolecular Hbond substituents is 1. The van der Waals surface area contributed by atoms with E-state index in [1.54, 1.807) is 14.1 Å². The first kappa shape index (κ1) is 27.9. The summed E-state index contributed by atoms with van der Waals surface area (Å²) < 4.78 is 0. The fourth-order valence-corrected chi connectivity index (χ4v) is 6.94. The number of phenols is 1. The van der Waals surface area contributed by atoms with Crippen LogP contribution in [0.2, 0.25) is 0 Å². The van der Waals surface area contributed by atoms with Gasteiger partial charge in [-0.2, -0.15) is 0 Å². The Balaban J connectivity index is 1.70. The largest absolute Gasteiger partial charge is 0.508 e. The van der Waals surface area contributed by atoms with Gasteiger partial charge in [-0.3, -0.25) is 24.2 Å². The number of nitrogens with two attached hydrogens (primary N) is 1. The zero-order chi connectivity index (χ0) is 29.3. The van der Waals surface area contributed by atoms with Crippen LogP contribution < -0.4 is 10.6 Å². The Hall–Kier alpha value is -3.67. The van der Waals surface area contributed by atoms with Crippen molar-refractivity contribution in [2.24, 2.45) is 17.6 Å². The van der Waals surface area contributed by atoms with Gasteiger partial charge in [-0.15, -0.1) is 0 Å². The lowest BCUT2D eigenvalue weighted by Gasteiger charge is -2.50. The number of amides is 1. The number of hydrogen-bond donors (Lipinski definition) is 5. The molecule has 6 N–H and O–H groups in total. The molecule has 1 saturated carbocycles. The molecule has 1 amide bonds. The minimum Gasteiger partial charge on any atom is -0.508 e. The second-order valence-electron chi connectivity index (χ2n) is 11.6. The fourth-order valence-electron chi connectivity index (χ4n) is 6.94. The van der Waals surface area contributed by atoms with Crippen LogP contribution >= 0.6 is 0 Å². The van der Waals surface area contributed by atoms with E-state index in [1.165, 1.54) is 4.90 Å². The third kappa shape index (κ3) is 3.94. The molecule has 0 saturated heterocycles. The number of aliphatic hydroxyl groups excluding tert-OH is 2. The number of hydrogen-bond acceptors (Lipinski definition) is 10. The van der Waals surface area contributed by atoms with Gasteiger partial charge in [0, 0.05) is 56.5 Å². The number of nitrogens with zero attached hydrogens (tertiary/aromatic N) is 3. The molecule has 5 rings (SSSR count). The summed E-state index contributed by atoms with van der Waals surface area (Å²) in [7, 11) is 6.87. The molecule has 4 atom stereocenters. The third-order valence-electron chi connectivity index (χ3n) is 8.79. The first-order valence-electron chi connectivity index (χ1n) is 13.4. The van der Waals surface area contributed by atoms with Crippen molar-refractivity contribution in [3.05, 3.63) is 51.8 Å². The summed E-state index contributed by atoms with van der Waals surface area (Å²) in [6.07, 6.45) is 5.36. The summed E-state index contributed by atoms with van der Waals surface area (Å²) in [5.41, 5.74) is 3.89. The molecule has 40 heavy (non-hydrogen) atoms. The van der Waals surface area contributed by atoms with Crippen molar-refractivity contribution in [1.82, 2.24) is 9.80 Å². The van der Waals surface area contributed by atoms with E-state index in [0.29, 0.717) is 17.7 Å². The van der Waals surface area contributed by atoms with Crippen LogP contribution in [-0.2, 0) is 27.3 Å². The molecule has 1 aromatic carbocycles. The van der Waals surface area contributed by atoms with Crippen molar-refractivity contribution >= 4 is 28.9 Å². The molecule has 11 nitrogen and oxygen atoms in total. The van der Waals surface area contributed by atoms with Gasteiger partial charge >= 0.3 is 0 Å². The predicted molar refractivity (Wildman–Crippen MR) is 148 cm³/mol. The summed E-state index contributed by atoms with van der Waals surface area (Å²) in [6, 6.07) is 0.784. The Morgan fingerprint density at radius 3 is 2.42 bits per heavy atom. The van der Waals surface area contributed by atoms with Gasteiger partial charge in [-0.25, -0.2) is 0 Å². The van der Waals surface area contributed by atoms with Gasteiger partial charge in [0.2, 0.25) is 5.78 Å². The smallest absolute Gasteiger partial charge is 0.255 e. The number of aliphatic hydroxyl groups is 3. The second kappa shape index (κ2) is 9.76. The van der Waals surface area contributed by atoms with Gasteiger partial charge in [-0.05, 0) is 50.9 Å². The summed E-state index contributed by atoms with van der Waals surface area (Å²) in [4.78, 5) is 45.0. The molecule has 11 heteroatoms. The number of Topliss-reactive ketones (excluding diaryl/α,β-unsaturated/α-hetero) is 2. The molecular formula is C29H36N4O7. The van der Waals surface area contributed by atoms with Crippen molar-refractivity contribution in [3.63, 3.8) is 0 Å². The van der Waals surface area contributed by atoms with E-state index in [4.69, 9.17) is 5.73 Å². The molecule has 1 heterocycles. The van der Waals surface area contributed by atoms with Gasteiger partial charge in [0.05, 0.1) is 11.6 Å². The molecule has 0 aromatic heterocycles. The highest BCUT2D eigenvalue weighted by Gasteiger charge is 2.64. The number of benzene rings is 1. The number of anilines is 1. The van der Waals surface area contributed by atoms with E-state index >= 15 is 0 Å². The van der Waals surface area contributed by atoms with Crippen LogP contribution in [0.3, 0.4) is 0 Å². The summed E-state index contributed by atoms with van der Waals surface area (Å²) in [5, 5.41) is 45.8. The van der Waals surface area contributed by atoms with E-state index in [0.717, 1.165) is 25.2 Å². The summed E-state index contributed by atoms with van der Waals surface area (Å²) >= 11 is 0. The van der Waals surface area contributed by atoms with Crippen LogP contribution in [-0.4, -0.2) is 101 Å². The fraction of sp³-hybridized carbons (Fsp3) is 0.483. The Morgan fingerprint density at radius 1 is 1.15 bits per heavy atom. The topological polar surface area (TPSA) is 168 Å². The van der Waals surface area contributed by atoms with Gasteiger partial charge in [0.25, 0.3) is 5.91 Å². The summed E-state index contributed by atoms with van der Waals surface area (Å²) in [5.74, 6) is -6.46. The van der Waals surface area contributed by atoms with Crippen LogP contribution in [0.4, 0.5) is 5.69 Å². The number of fused-ring (bicyclic) bond motifs is 3. The average Bonchev–Trinajstić information content (AvgIpc) is 2.87. The third-order valence-corrected chi connectivity index (χ3v) is 8.79. The highest BCUT2D eigenvalue weighted by molar-refractivity contribution is 6.24. The molecule has 1 aromatic rings. The van der Waals surface area contributed by atoms with E-state index in [-0.39, 0.29) is 29.7 Å². The van der Waals surface area contributed by atoms with Crippen LogP contribution in [0.1, 0.15) is 29.5 Å². The van der Waals surface area contributed by atoms with E-state index in [9.17, 15) is 34.8 Å². The number of ketones is 2. The standard InChI is InChI=1S/C29H36N4O7/c1-31(2)18-12-15(13-33-8-6-5-7-9-33)23(34)20-16(18)10-14-11-17-22(32(3)4)25(36)21(28(30)39)27(38)29(17,40)26(37)19(14)24(20)35/h5-6,12,14,17,22,34-35,38,40H,7-11,13H2,1-4H3,(H2,30,39)/t14-,17-,22-,29-/m0/s1. The summed E-state index contributed by atoms with van der Waals surface area (Å²) in [6.45, 7) is 1.95. The molecule has 4 aliphatic rings.